The van der Waals surface area contributed by atoms with E-state index in [0.29, 0.717) is 34.2 Å². The van der Waals surface area contributed by atoms with Crippen molar-refractivity contribution in [2.24, 2.45) is 0 Å². The molecule has 1 atom stereocenters. The summed E-state index contributed by atoms with van der Waals surface area (Å²) in [5.41, 5.74) is 2.24. The molecule has 0 fully saturated rings. The summed E-state index contributed by atoms with van der Waals surface area (Å²) >= 11 is 6.98. The monoisotopic (exact) mass is 599 g/mol. The van der Waals surface area contributed by atoms with Crippen LogP contribution in [0.25, 0.3) is 10.2 Å². The van der Waals surface area contributed by atoms with Gasteiger partial charge in [0.2, 0.25) is 10.0 Å². The molecule has 13 heteroatoms. The van der Waals surface area contributed by atoms with Crippen LogP contribution in [0, 0.1) is 0 Å². The topological polar surface area (TPSA) is 151 Å². The van der Waals surface area contributed by atoms with Crippen LogP contribution in [0.3, 0.4) is 0 Å². The van der Waals surface area contributed by atoms with Crippen LogP contribution in [-0.2, 0) is 19.6 Å². The number of carboxylic acids is 1. The number of halogens is 1. The molecule has 5 rings (SSSR count). The van der Waals surface area contributed by atoms with Crippen LogP contribution in [0.4, 0.5) is 0 Å². The second kappa shape index (κ2) is 11.0. The van der Waals surface area contributed by atoms with E-state index in [-0.39, 0.29) is 51.9 Å². The lowest BCUT2D eigenvalue weighted by molar-refractivity contribution is -0.138. The third-order valence-electron chi connectivity index (χ3n) is 6.69. The third kappa shape index (κ3) is 5.61. The zero-order chi connectivity index (χ0) is 28.6. The fourth-order valence-corrected chi connectivity index (χ4v) is 7.01. The molecule has 1 aliphatic heterocycles. The van der Waals surface area contributed by atoms with Gasteiger partial charge in [-0.3, -0.25) is 24.1 Å². The molecule has 3 aromatic rings. The number of Topliss-reactive ketones (excluding diaryl/α,β-unsaturated/α-hetero) is 1. The standard InChI is InChI=1S/C27H22ClN3O7S2/c28-27-29-20-10-9-17(14-23(20)39-27)40(37,38)30-21(26(35)36)13-16-8-7-15(12-22(16)32)4-3-11-31-24(33)18-5-1-2-6-19(18)25(31)34/h1-2,5-10,14,21,30H,3-4,11-13H2,(H,35,36)/t21-/m1/s1. The van der Waals surface area contributed by atoms with Crippen molar-refractivity contribution in [3.8, 4) is 0 Å². The first-order valence-corrected chi connectivity index (χ1v) is 14.9. The summed E-state index contributed by atoms with van der Waals surface area (Å²) in [6.45, 7) is 0.205. The SMILES string of the molecule is O=C1CC(CCCN2C(=O)c3ccccc3C2=O)=CC=C1C[C@@H](NS(=O)(=O)c1ccc2nc(Cl)sc2c1)C(=O)O. The number of sulfonamides is 1. The highest BCUT2D eigenvalue weighted by Crippen LogP contribution is 2.29. The second-order valence-electron chi connectivity index (χ2n) is 9.34. The van der Waals surface area contributed by atoms with Crippen molar-refractivity contribution in [3.05, 3.63) is 81.4 Å². The summed E-state index contributed by atoms with van der Waals surface area (Å²) in [6, 6.07) is 9.22. The van der Waals surface area contributed by atoms with Crippen molar-refractivity contribution in [2.75, 3.05) is 6.54 Å². The Kier molecular flexibility index (Phi) is 7.69. The second-order valence-corrected chi connectivity index (χ2v) is 12.7. The number of fused-ring (bicyclic) bond motifs is 2. The number of ketones is 1. The molecule has 2 aromatic carbocycles. The maximum absolute atomic E-state index is 12.9. The van der Waals surface area contributed by atoms with E-state index < -0.39 is 22.0 Å². The van der Waals surface area contributed by atoms with Crippen molar-refractivity contribution in [3.63, 3.8) is 0 Å². The van der Waals surface area contributed by atoms with Crippen LogP contribution >= 0.6 is 22.9 Å². The molecule has 2 amide bonds. The van der Waals surface area contributed by atoms with E-state index in [1.807, 2.05) is 0 Å². The van der Waals surface area contributed by atoms with Crippen LogP contribution in [0.1, 0.15) is 46.4 Å². The van der Waals surface area contributed by atoms with Gasteiger partial charge in [0, 0.05) is 19.4 Å². The molecule has 40 heavy (non-hydrogen) atoms. The molecule has 1 aliphatic carbocycles. The third-order valence-corrected chi connectivity index (χ3v) is 9.28. The Hall–Kier alpha value is -3.71. The predicted molar refractivity (Wildman–Crippen MR) is 148 cm³/mol. The number of nitrogens with zero attached hydrogens (tertiary/aromatic N) is 2. The Bertz CT molecular complexity index is 1710. The lowest BCUT2D eigenvalue weighted by atomic mass is 9.91. The Morgan fingerprint density at radius 2 is 1.80 bits per heavy atom. The quantitative estimate of drug-likeness (QED) is 0.332. The van der Waals surface area contributed by atoms with Gasteiger partial charge in [0.15, 0.2) is 10.3 Å². The Balaban J connectivity index is 1.21. The van der Waals surface area contributed by atoms with E-state index in [1.54, 1.807) is 30.3 Å². The smallest absolute Gasteiger partial charge is 0.322 e. The molecule has 0 saturated carbocycles. The first-order valence-electron chi connectivity index (χ1n) is 12.2. The maximum Gasteiger partial charge on any atom is 0.322 e. The predicted octanol–water partition coefficient (Wildman–Crippen LogP) is 3.97. The van der Waals surface area contributed by atoms with Gasteiger partial charge in [-0.05, 0) is 48.7 Å². The number of hydrogen-bond acceptors (Lipinski definition) is 8. The van der Waals surface area contributed by atoms with E-state index in [2.05, 4.69) is 9.71 Å². The molecule has 0 radical (unpaired) electrons. The molecule has 2 N–H and O–H groups in total. The highest BCUT2D eigenvalue weighted by molar-refractivity contribution is 7.89. The number of carbonyl (C=O) groups excluding carboxylic acids is 3. The lowest BCUT2D eigenvalue weighted by Crippen LogP contribution is -2.41. The van der Waals surface area contributed by atoms with Crippen LogP contribution in [0.5, 0.6) is 0 Å². The van der Waals surface area contributed by atoms with E-state index in [0.717, 1.165) is 16.9 Å². The van der Waals surface area contributed by atoms with Gasteiger partial charge in [0.25, 0.3) is 11.8 Å². The summed E-state index contributed by atoms with van der Waals surface area (Å²) in [5.74, 6) is -2.41. The first kappa shape index (κ1) is 27.8. The van der Waals surface area contributed by atoms with E-state index in [4.69, 9.17) is 11.6 Å². The average Bonchev–Trinajstić information content (AvgIpc) is 3.41. The molecular formula is C27H22ClN3O7S2. The van der Waals surface area contributed by atoms with Gasteiger partial charge in [0.05, 0.1) is 26.2 Å². The fourth-order valence-electron chi connectivity index (χ4n) is 4.65. The number of amides is 2. The Labute approximate surface area is 238 Å². The number of imide groups is 1. The molecule has 10 nitrogen and oxygen atoms in total. The molecule has 0 bridgehead atoms. The van der Waals surface area contributed by atoms with E-state index in [9.17, 15) is 32.7 Å². The number of carboxylic acid groups (broad SMARTS) is 1. The number of benzene rings is 2. The fraction of sp³-hybridized carbons (Fsp3) is 0.222. The number of carbonyl (C=O) groups is 4. The summed E-state index contributed by atoms with van der Waals surface area (Å²) < 4.78 is 28.8. The number of thiazole rings is 1. The number of hydrogen-bond donors (Lipinski definition) is 2. The average molecular weight is 600 g/mol. The van der Waals surface area contributed by atoms with Crippen LogP contribution < -0.4 is 4.72 Å². The lowest BCUT2D eigenvalue weighted by Gasteiger charge is -2.19. The summed E-state index contributed by atoms with van der Waals surface area (Å²) in [5, 5.41) is 9.69. The van der Waals surface area contributed by atoms with Crippen LogP contribution in [-0.4, -0.2) is 59.6 Å². The summed E-state index contributed by atoms with van der Waals surface area (Å²) in [6.07, 6.45) is 3.83. The molecule has 0 saturated heterocycles. The minimum atomic E-state index is -4.22. The largest absolute Gasteiger partial charge is 0.480 e. The molecular weight excluding hydrogens is 578 g/mol. The Morgan fingerprint density at radius 1 is 1.10 bits per heavy atom. The molecule has 0 unspecified atom stereocenters. The van der Waals surface area contributed by atoms with Crippen LogP contribution in [0.15, 0.2) is 70.7 Å². The van der Waals surface area contributed by atoms with Gasteiger partial charge in [-0.1, -0.05) is 41.5 Å². The molecule has 2 aliphatic rings. The molecule has 0 spiro atoms. The van der Waals surface area contributed by atoms with Crippen LogP contribution in [0.2, 0.25) is 4.47 Å². The summed E-state index contributed by atoms with van der Waals surface area (Å²) in [4.78, 5) is 54.9. The van der Waals surface area contributed by atoms with E-state index >= 15 is 0 Å². The number of nitrogens with one attached hydrogen (secondary N) is 1. The highest BCUT2D eigenvalue weighted by Gasteiger charge is 2.35. The van der Waals surface area contributed by atoms with Crippen molar-refractivity contribution < 1.29 is 32.7 Å². The normalized spacial score (nSPS) is 16.2. The van der Waals surface area contributed by atoms with Crippen molar-refractivity contribution >= 4 is 66.7 Å². The van der Waals surface area contributed by atoms with Gasteiger partial charge in [-0.25, -0.2) is 13.4 Å². The van der Waals surface area contributed by atoms with E-state index in [1.165, 1.54) is 29.2 Å². The summed E-state index contributed by atoms with van der Waals surface area (Å²) in [7, 11) is -4.22. The zero-order valence-electron chi connectivity index (χ0n) is 20.8. The maximum atomic E-state index is 12.9. The van der Waals surface area contributed by atoms with Gasteiger partial charge >= 0.3 is 5.97 Å². The van der Waals surface area contributed by atoms with Gasteiger partial charge in [-0.15, -0.1) is 11.3 Å². The van der Waals surface area contributed by atoms with Gasteiger partial charge < -0.3 is 5.11 Å². The van der Waals surface area contributed by atoms with Crippen molar-refractivity contribution in [1.82, 2.24) is 14.6 Å². The number of aliphatic carboxylic acids is 1. The van der Waals surface area contributed by atoms with Crippen molar-refractivity contribution in [1.29, 1.82) is 0 Å². The highest BCUT2D eigenvalue weighted by atomic mass is 35.5. The molecule has 1 aromatic heterocycles. The zero-order valence-corrected chi connectivity index (χ0v) is 23.2. The molecule has 2 heterocycles. The number of rotatable bonds is 10. The number of allylic oxidation sites excluding steroid dienone is 3. The minimum absolute atomic E-state index is 0.0375. The van der Waals surface area contributed by atoms with Crippen molar-refractivity contribution in [2.45, 2.75) is 36.6 Å². The van der Waals surface area contributed by atoms with Gasteiger partial charge in [-0.2, -0.15) is 4.72 Å². The molecule has 206 valence electrons. The number of aromatic nitrogens is 1. The first-order chi connectivity index (χ1) is 19.0. The van der Waals surface area contributed by atoms with Gasteiger partial charge in [0.1, 0.15) is 6.04 Å². The minimum Gasteiger partial charge on any atom is -0.480 e. The Morgan fingerprint density at radius 3 is 2.45 bits per heavy atom.